The number of guanidine groups is 2. The van der Waals surface area contributed by atoms with E-state index in [1.807, 2.05) is 12.1 Å². The highest BCUT2D eigenvalue weighted by Gasteiger charge is 1.98. The highest BCUT2D eigenvalue weighted by molar-refractivity contribution is 5.96. The molecule has 5 N–H and O–H groups in total. The van der Waals surface area contributed by atoms with Crippen molar-refractivity contribution in [2.24, 2.45) is 21.5 Å². The van der Waals surface area contributed by atoms with E-state index >= 15 is 0 Å². The van der Waals surface area contributed by atoms with Crippen LogP contribution in [-0.4, -0.2) is 18.5 Å². The molecule has 0 spiro atoms. The summed E-state index contributed by atoms with van der Waals surface area (Å²) >= 11 is 0. The maximum absolute atomic E-state index is 5.80. The first-order chi connectivity index (χ1) is 12.2. The second-order valence-electron chi connectivity index (χ2n) is 6.35. The molecule has 0 saturated carbocycles. The van der Waals surface area contributed by atoms with Gasteiger partial charge in [-0.05, 0) is 18.6 Å². The van der Waals surface area contributed by atoms with Crippen molar-refractivity contribution in [3.05, 3.63) is 24.2 Å². The highest BCUT2D eigenvalue weighted by Crippen LogP contribution is 2.10. The Balaban J connectivity index is 1.99. The summed E-state index contributed by atoms with van der Waals surface area (Å²) in [7, 11) is 0. The number of nitrogens with zero attached hydrogens (tertiary/aromatic N) is 2. The minimum Gasteiger partial charge on any atom is -0.467 e. The van der Waals surface area contributed by atoms with E-state index in [-0.39, 0.29) is 5.96 Å². The van der Waals surface area contributed by atoms with Gasteiger partial charge in [0.25, 0.3) is 0 Å². The average molecular weight is 350 g/mol. The molecular formula is C19H35N5O. The van der Waals surface area contributed by atoms with E-state index in [1.54, 1.807) is 6.26 Å². The Morgan fingerprint density at radius 1 is 0.920 bits per heavy atom. The van der Waals surface area contributed by atoms with Crippen molar-refractivity contribution in [1.29, 1.82) is 0 Å². The third-order valence-corrected chi connectivity index (χ3v) is 4.04. The molecule has 25 heavy (non-hydrogen) atoms. The lowest BCUT2D eigenvalue weighted by molar-refractivity contribution is 0.512. The van der Waals surface area contributed by atoms with Crippen LogP contribution in [0, 0.1) is 0 Å². The maximum Gasteiger partial charge on any atom is 0.195 e. The normalized spacial score (nSPS) is 12.5. The second kappa shape index (κ2) is 14.4. The average Bonchev–Trinajstić information content (AvgIpc) is 3.11. The summed E-state index contributed by atoms with van der Waals surface area (Å²) in [6.07, 6.45) is 14.7. The molecule has 0 saturated heterocycles. The van der Waals surface area contributed by atoms with Gasteiger partial charge >= 0.3 is 0 Å². The molecule has 1 aromatic rings. The Kier molecular flexibility index (Phi) is 12.1. The predicted molar refractivity (Wildman–Crippen MR) is 106 cm³/mol. The standard InChI is InChI=1S/C19H35N5O/c1-2-3-4-5-6-7-8-9-10-11-14-22-18(20)24-19(21)23-16-17-13-12-15-25-17/h12-13,15H,2-11,14,16H2,1H3,(H5,20,21,22,23,24). The molecule has 0 bridgehead atoms. The van der Waals surface area contributed by atoms with Crippen molar-refractivity contribution < 1.29 is 4.42 Å². The SMILES string of the molecule is CCCCCCCCCCCCN=C(N)NC(N)=NCc1ccco1. The fourth-order valence-corrected chi connectivity index (χ4v) is 2.57. The first-order valence-corrected chi connectivity index (χ1v) is 9.61. The van der Waals surface area contributed by atoms with E-state index in [0.29, 0.717) is 12.5 Å². The van der Waals surface area contributed by atoms with Crippen molar-refractivity contribution in [2.75, 3.05) is 6.54 Å². The lowest BCUT2D eigenvalue weighted by Crippen LogP contribution is -2.41. The quantitative estimate of drug-likeness (QED) is 0.285. The molecule has 6 heteroatoms. The van der Waals surface area contributed by atoms with Gasteiger partial charge in [-0.3, -0.25) is 10.3 Å². The monoisotopic (exact) mass is 349 g/mol. The Morgan fingerprint density at radius 3 is 2.12 bits per heavy atom. The number of hydrogen-bond acceptors (Lipinski definition) is 3. The molecule has 0 aliphatic rings. The molecule has 1 rings (SSSR count). The van der Waals surface area contributed by atoms with Gasteiger partial charge in [0.05, 0.1) is 6.26 Å². The minimum absolute atomic E-state index is 0.251. The lowest BCUT2D eigenvalue weighted by atomic mass is 10.1. The van der Waals surface area contributed by atoms with E-state index in [4.69, 9.17) is 15.9 Å². The van der Waals surface area contributed by atoms with Gasteiger partial charge in [-0.1, -0.05) is 64.7 Å². The van der Waals surface area contributed by atoms with Gasteiger partial charge in [0.15, 0.2) is 11.9 Å². The third-order valence-electron chi connectivity index (χ3n) is 4.04. The first-order valence-electron chi connectivity index (χ1n) is 9.61. The molecular weight excluding hydrogens is 314 g/mol. The van der Waals surface area contributed by atoms with Crippen molar-refractivity contribution >= 4 is 11.9 Å². The fraction of sp³-hybridized carbons (Fsp3) is 0.684. The second-order valence-corrected chi connectivity index (χ2v) is 6.35. The molecule has 6 nitrogen and oxygen atoms in total. The van der Waals surface area contributed by atoms with Crippen LogP contribution in [0.2, 0.25) is 0 Å². The van der Waals surface area contributed by atoms with E-state index in [2.05, 4.69) is 22.2 Å². The summed E-state index contributed by atoms with van der Waals surface area (Å²) < 4.78 is 5.18. The van der Waals surface area contributed by atoms with E-state index in [9.17, 15) is 0 Å². The van der Waals surface area contributed by atoms with Gasteiger partial charge in [-0.2, -0.15) is 0 Å². The molecule has 0 atom stereocenters. The minimum atomic E-state index is 0.251. The molecule has 0 aliphatic heterocycles. The zero-order valence-corrected chi connectivity index (χ0v) is 15.7. The molecule has 0 aromatic carbocycles. The van der Waals surface area contributed by atoms with Gasteiger partial charge in [-0.25, -0.2) is 4.99 Å². The first kappa shape index (κ1) is 21.1. The Morgan fingerprint density at radius 2 is 1.52 bits per heavy atom. The third kappa shape index (κ3) is 12.1. The van der Waals surface area contributed by atoms with Crippen LogP contribution in [0.4, 0.5) is 0 Å². The summed E-state index contributed by atoms with van der Waals surface area (Å²) in [5.74, 6) is 1.32. The number of aliphatic imine (C=N–C) groups is 2. The molecule has 0 aliphatic carbocycles. The van der Waals surface area contributed by atoms with E-state index in [0.717, 1.165) is 18.7 Å². The van der Waals surface area contributed by atoms with Gasteiger partial charge in [0.1, 0.15) is 12.3 Å². The Bertz CT molecular complexity index is 482. The highest BCUT2D eigenvalue weighted by atomic mass is 16.3. The summed E-state index contributed by atoms with van der Waals surface area (Å²) in [5.41, 5.74) is 11.6. The maximum atomic E-state index is 5.80. The van der Waals surface area contributed by atoms with Crippen molar-refractivity contribution in [3.8, 4) is 0 Å². The van der Waals surface area contributed by atoms with Crippen LogP contribution in [0.1, 0.15) is 76.9 Å². The van der Waals surface area contributed by atoms with Crippen LogP contribution in [0.15, 0.2) is 32.8 Å². The fourth-order valence-electron chi connectivity index (χ4n) is 2.57. The van der Waals surface area contributed by atoms with Crippen molar-refractivity contribution in [2.45, 2.75) is 77.7 Å². The summed E-state index contributed by atoms with van der Waals surface area (Å²) in [6.45, 7) is 3.37. The predicted octanol–water partition coefficient (Wildman–Crippen LogP) is 3.92. The molecule has 142 valence electrons. The number of hydrogen-bond donors (Lipinski definition) is 3. The molecule has 1 heterocycles. The van der Waals surface area contributed by atoms with Crippen LogP contribution < -0.4 is 16.8 Å². The van der Waals surface area contributed by atoms with Crippen LogP contribution in [0.5, 0.6) is 0 Å². The smallest absolute Gasteiger partial charge is 0.195 e. The van der Waals surface area contributed by atoms with Crippen LogP contribution in [-0.2, 0) is 6.54 Å². The van der Waals surface area contributed by atoms with Gasteiger partial charge < -0.3 is 15.9 Å². The Hall–Kier alpha value is -1.98. The number of rotatable bonds is 13. The number of nitrogens with one attached hydrogen (secondary N) is 1. The molecule has 0 fully saturated rings. The number of unbranched alkanes of at least 4 members (excludes halogenated alkanes) is 9. The molecule has 0 radical (unpaired) electrons. The summed E-state index contributed by atoms with van der Waals surface area (Å²) in [4.78, 5) is 8.42. The molecule has 0 unspecified atom stereocenters. The van der Waals surface area contributed by atoms with Crippen LogP contribution in [0.25, 0.3) is 0 Å². The van der Waals surface area contributed by atoms with E-state index < -0.39 is 0 Å². The lowest BCUT2D eigenvalue weighted by Gasteiger charge is -2.04. The molecule has 0 amide bonds. The van der Waals surface area contributed by atoms with Crippen LogP contribution >= 0.6 is 0 Å². The van der Waals surface area contributed by atoms with Gasteiger partial charge in [0, 0.05) is 6.54 Å². The van der Waals surface area contributed by atoms with Gasteiger partial charge in [0.2, 0.25) is 0 Å². The zero-order chi connectivity index (χ0) is 18.2. The number of nitrogens with two attached hydrogens (primary N) is 2. The van der Waals surface area contributed by atoms with Gasteiger partial charge in [-0.15, -0.1) is 0 Å². The number of furan rings is 1. The van der Waals surface area contributed by atoms with Crippen molar-refractivity contribution in [1.82, 2.24) is 5.32 Å². The molecule has 1 aromatic heterocycles. The Labute approximate surface area is 152 Å². The zero-order valence-electron chi connectivity index (χ0n) is 15.7. The summed E-state index contributed by atoms with van der Waals surface area (Å²) in [5, 5.41) is 2.79. The van der Waals surface area contributed by atoms with E-state index in [1.165, 1.54) is 57.8 Å². The topological polar surface area (TPSA) is 102 Å². The largest absolute Gasteiger partial charge is 0.467 e. The van der Waals surface area contributed by atoms with Crippen LogP contribution in [0.3, 0.4) is 0 Å². The summed E-state index contributed by atoms with van der Waals surface area (Å²) in [6, 6.07) is 3.66. The van der Waals surface area contributed by atoms with Crippen molar-refractivity contribution in [3.63, 3.8) is 0 Å².